The SMILES string of the molecule is CC/C=C/CCCCCCCCC/C=C/C=C/C(=O)O[C@H](COC(=O)CCCCCC/C=C/CCCCCCCCC)COP(=O)(O)O/C=C\[N+](C)(C)C. The highest BCUT2D eigenvalue weighted by Gasteiger charge is 2.26. The highest BCUT2D eigenvalue weighted by atomic mass is 31.2. The number of hydrogen-bond donors (Lipinski definition) is 1. The third kappa shape index (κ3) is 39.2. The largest absolute Gasteiger partial charge is 0.527 e. The van der Waals surface area contributed by atoms with Crippen molar-refractivity contribution in [3.8, 4) is 0 Å². The van der Waals surface area contributed by atoms with Crippen molar-refractivity contribution in [1.82, 2.24) is 0 Å². The van der Waals surface area contributed by atoms with Gasteiger partial charge in [0.2, 0.25) is 0 Å². The molecule has 0 aromatic carbocycles. The average Bonchev–Trinajstić information content (AvgIpc) is 3.12. The maximum atomic E-state index is 12.5. The Morgan fingerprint density at radius 2 is 1.15 bits per heavy atom. The molecular formula is C44H79NO8P+. The van der Waals surface area contributed by atoms with Gasteiger partial charge in [0.25, 0.3) is 0 Å². The molecule has 10 heteroatoms. The van der Waals surface area contributed by atoms with Crippen molar-refractivity contribution in [3.63, 3.8) is 0 Å². The van der Waals surface area contributed by atoms with E-state index in [1.54, 1.807) is 18.4 Å². The number of hydrogen-bond acceptors (Lipinski definition) is 7. The number of rotatable bonds is 37. The van der Waals surface area contributed by atoms with E-state index in [4.69, 9.17) is 18.5 Å². The van der Waals surface area contributed by atoms with E-state index in [1.807, 2.05) is 27.2 Å². The van der Waals surface area contributed by atoms with E-state index in [0.29, 0.717) is 10.9 Å². The van der Waals surface area contributed by atoms with Gasteiger partial charge in [0.1, 0.15) is 25.7 Å². The van der Waals surface area contributed by atoms with E-state index in [0.717, 1.165) is 57.6 Å². The van der Waals surface area contributed by atoms with Crippen LogP contribution < -0.4 is 0 Å². The molecule has 0 aliphatic heterocycles. The number of nitrogens with zero attached hydrogens (tertiary/aromatic N) is 1. The van der Waals surface area contributed by atoms with Crippen molar-refractivity contribution in [1.29, 1.82) is 0 Å². The van der Waals surface area contributed by atoms with Crippen LogP contribution in [0.5, 0.6) is 0 Å². The minimum atomic E-state index is -4.49. The minimum absolute atomic E-state index is 0.245. The van der Waals surface area contributed by atoms with Gasteiger partial charge in [-0.25, -0.2) is 9.36 Å². The summed E-state index contributed by atoms with van der Waals surface area (Å²) in [6.45, 7) is 3.62. The highest BCUT2D eigenvalue weighted by molar-refractivity contribution is 7.47. The van der Waals surface area contributed by atoms with Crippen LogP contribution in [0.15, 0.2) is 61.1 Å². The van der Waals surface area contributed by atoms with Crippen LogP contribution in [-0.2, 0) is 32.7 Å². The zero-order chi connectivity index (χ0) is 40.0. The lowest BCUT2D eigenvalue weighted by atomic mass is 10.1. The van der Waals surface area contributed by atoms with Crippen molar-refractivity contribution >= 4 is 19.8 Å². The van der Waals surface area contributed by atoms with E-state index in [-0.39, 0.29) is 13.0 Å². The fourth-order valence-corrected chi connectivity index (χ4v) is 6.04. The third-order valence-corrected chi connectivity index (χ3v) is 9.47. The Morgan fingerprint density at radius 3 is 1.69 bits per heavy atom. The number of phosphoric ester groups is 1. The van der Waals surface area contributed by atoms with Crippen molar-refractivity contribution in [2.75, 3.05) is 34.4 Å². The van der Waals surface area contributed by atoms with Crippen LogP contribution in [0.4, 0.5) is 0 Å². The van der Waals surface area contributed by atoms with Crippen LogP contribution in [0.3, 0.4) is 0 Å². The van der Waals surface area contributed by atoms with Crippen LogP contribution in [0.2, 0.25) is 0 Å². The molecule has 0 saturated carbocycles. The van der Waals surface area contributed by atoms with Crippen LogP contribution in [0.25, 0.3) is 0 Å². The molecule has 0 saturated heterocycles. The summed E-state index contributed by atoms with van der Waals surface area (Å²) in [4.78, 5) is 35.1. The lowest BCUT2D eigenvalue weighted by molar-refractivity contribution is -0.817. The highest BCUT2D eigenvalue weighted by Crippen LogP contribution is 2.43. The first-order valence-electron chi connectivity index (χ1n) is 21.1. The smallest absolute Gasteiger partial charge is 0.462 e. The number of ether oxygens (including phenoxy) is 2. The predicted octanol–water partition coefficient (Wildman–Crippen LogP) is 12.4. The Bertz CT molecular complexity index is 1110. The first kappa shape index (κ1) is 51.5. The summed E-state index contributed by atoms with van der Waals surface area (Å²) in [5, 5.41) is 0. The van der Waals surface area contributed by atoms with Crippen LogP contribution in [-0.4, -0.2) is 61.8 Å². The third-order valence-electron chi connectivity index (χ3n) is 8.60. The van der Waals surface area contributed by atoms with Crippen molar-refractivity contribution in [2.24, 2.45) is 0 Å². The summed E-state index contributed by atoms with van der Waals surface area (Å²) in [5.74, 6) is -1.09. The molecule has 0 aliphatic carbocycles. The standard InChI is InChI=1S/C44H78NO8P/c1-6-8-10-12-14-16-18-20-22-24-26-28-30-32-34-36-43(46)50-40-42(41-52-54(48,49)51-39-38-45(3,4)5)53-44(47)37-35-33-31-29-27-25-23-21-19-17-15-13-11-9-7-2/h9,11,22,24,31,33,35,37-39,42H,6-8,10,12-21,23,25-30,32,34,36,40-41H2,1-5H3/p+1/b11-9+,24-22+,33-31+,37-35+,39-38-/t42-/m1/s1. The first-order valence-corrected chi connectivity index (χ1v) is 22.6. The van der Waals surface area contributed by atoms with E-state index in [9.17, 15) is 19.0 Å². The molecule has 9 nitrogen and oxygen atoms in total. The van der Waals surface area contributed by atoms with Gasteiger partial charge in [-0.3, -0.25) is 14.2 Å². The molecule has 312 valence electrons. The Balaban J connectivity index is 4.53. The molecule has 1 unspecified atom stereocenters. The number of unbranched alkanes of at least 4 members (excludes halogenated alkanes) is 19. The lowest BCUT2D eigenvalue weighted by Crippen LogP contribution is -2.29. The average molecular weight is 781 g/mol. The van der Waals surface area contributed by atoms with Gasteiger partial charge in [-0.15, -0.1) is 0 Å². The van der Waals surface area contributed by atoms with Crippen molar-refractivity contribution < 1.29 is 42.1 Å². The molecule has 54 heavy (non-hydrogen) atoms. The van der Waals surface area contributed by atoms with E-state index in [1.165, 1.54) is 96.0 Å². The molecule has 0 heterocycles. The van der Waals surface area contributed by atoms with Crippen LogP contribution in [0, 0.1) is 0 Å². The summed E-state index contributed by atoms with van der Waals surface area (Å²) in [7, 11) is 1.06. The van der Waals surface area contributed by atoms with Gasteiger partial charge in [0.05, 0.1) is 21.1 Å². The second kappa shape index (κ2) is 36.2. The fourth-order valence-electron chi connectivity index (χ4n) is 5.41. The lowest BCUT2D eigenvalue weighted by Gasteiger charge is -2.19. The molecule has 0 spiro atoms. The monoisotopic (exact) mass is 781 g/mol. The molecule has 0 aromatic heterocycles. The van der Waals surface area contributed by atoms with Gasteiger partial charge in [-0.2, -0.15) is 0 Å². The second-order valence-electron chi connectivity index (χ2n) is 15.1. The number of carbonyl (C=O) groups is 2. The van der Waals surface area contributed by atoms with Crippen molar-refractivity contribution in [3.05, 3.63) is 61.1 Å². The first-order chi connectivity index (χ1) is 26.0. The zero-order valence-electron chi connectivity index (χ0n) is 34.9. The van der Waals surface area contributed by atoms with Gasteiger partial charge in [0, 0.05) is 12.5 Å². The van der Waals surface area contributed by atoms with Gasteiger partial charge in [-0.1, -0.05) is 140 Å². The summed E-state index contributed by atoms with van der Waals surface area (Å²) < 4.78 is 33.5. The number of quaternary nitrogens is 1. The molecular weight excluding hydrogens is 701 g/mol. The molecule has 0 bridgehead atoms. The Kier molecular flexibility index (Phi) is 34.6. The normalized spacial score (nSPS) is 14.2. The quantitative estimate of drug-likeness (QED) is 0.00970. The molecule has 0 fully saturated rings. The Morgan fingerprint density at radius 1 is 0.648 bits per heavy atom. The summed E-state index contributed by atoms with van der Waals surface area (Å²) in [6.07, 6.45) is 44.7. The molecule has 1 N–H and O–H groups in total. The molecule has 0 aliphatic rings. The van der Waals surface area contributed by atoms with Crippen LogP contribution in [0.1, 0.15) is 168 Å². The van der Waals surface area contributed by atoms with Crippen molar-refractivity contribution in [2.45, 2.75) is 174 Å². The minimum Gasteiger partial charge on any atom is -0.462 e. The maximum absolute atomic E-state index is 12.5. The Labute approximate surface area is 330 Å². The fraction of sp³-hybridized carbons (Fsp3) is 0.727. The molecule has 0 radical (unpaired) electrons. The number of carbonyl (C=O) groups excluding carboxylic acids is 2. The van der Waals surface area contributed by atoms with Crippen LogP contribution >= 0.6 is 7.82 Å². The molecule has 2 atom stereocenters. The number of esters is 2. The van der Waals surface area contributed by atoms with Gasteiger partial charge >= 0.3 is 19.8 Å². The van der Waals surface area contributed by atoms with Gasteiger partial charge in [-0.05, 0) is 64.2 Å². The Hall–Kier alpha value is -2.45. The molecule has 0 amide bonds. The topological polar surface area (TPSA) is 108 Å². The predicted molar refractivity (Wildman–Crippen MR) is 224 cm³/mol. The van der Waals surface area contributed by atoms with E-state index < -0.39 is 32.5 Å². The van der Waals surface area contributed by atoms with Gasteiger partial charge < -0.3 is 18.5 Å². The summed E-state index contributed by atoms with van der Waals surface area (Å²) >= 11 is 0. The van der Waals surface area contributed by atoms with Gasteiger partial charge in [0.15, 0.2) is 6.10 Å². The maximum Gasteiger partial charge on any atom is 0.527 e. The number of allylic oxidation sites excluding steroid dienone is 7. The van der Waals surface area contributed by atoms with E-state index in [2.05, 4.69) is 38.2 Å². The second-order valence-corrected chi connectivity index (χ2v) is 16.5. The molecule has 0 rings (SSSR count). The molecule has 0 aromatic rings. The zero-order valence-corrected chi connectivity index (χ0v) is 35.8. The van der Waals surface area contributed by atoms with E-state index >= 15 is 0 Å². The summed E-state index contributed by atoms with van der Waals surface area (Å²) in [6, 6.07) is 0. The summed E-state index contributed by atoms with van der Waals surface area (Å²) in [5.41, 5.74) is 0. The number of phosphoric acid groups is 1.